The van der Waals surface area contributed by atoms with Gasteiger partial charge in [0.1, 0.15) is 12.4 Å². The van der Waals surface area contributed by atoms with Gasteiger partial charge in [-0.15, -0.1) is 5.10 Å². The first-order chi connectivity index (χ1) is 12.2. The number of carbonyl (C=O) groups excluding carboxylic acids is 1. The van der Waals surface area contributed by atoms with Crippen LogP contribution in [-0.4, -0.2) is 40.5 Å². The summed E-state index contributed by atoms with van der Waals surface area (Å²) < 4.78 is 25.9. The molecule has 0 atom stereocenters. The number of aromatic nitrogens is 3. The molecule has 0 amide bonds. The lowest BCUT2D eigenvalue weighted by Gasteiger charge is -2.05. The number of carbonyl (C=O) groups is 1. The minimum atomic E-state index is -0.460. The summed E-state index contributed by atoms with van der Waals surface area (Å²) in [5.41, 5.74) is 0.221. The molecule has 0 aliphatic rings. The number of hydrogen-bond donors (Lipinski definition) is 0. The third kappa shape index (κ3) is 5.35. The SMILES string of the molecule is CCCCCC(=O)n1nc(OCCOCC)nc1-c1ccccc1F. The minimum absolute atomic E-state index is 0.0433. The molecule has 0 aliphatic carbocycles. The molecule has 0 spiro atoms. The van der Waals surface area contributed by atoms with Crippen molar-refractivity contribution in [3.05, 3.63) is 30.1 Å². The van der Waals surface area contributed by atoms with Gasteiger partial charge in [0.05, 0.1) is 12.2 Å². The topological polar surface area (TPSA) is 66.2 Å². The Morgan fingerprint density at radius 3 is 2.72 bits per heavy atom. The number of rotatable bonds is 10. The second-order valence-electron chi connectivity index (χ2n) is 5.51. The summed E-state index contributed by atoms with van der Waals surface area (Å²) in [6.45, 7) is 5.19. The lowest BCUT2D eigenvalue weighted by atomic mass is 10.2. The predicted molar refractivity (Wildman–Crippen MR) is 92.2 cm³/mol. The van der Waals surface area contributed by atoms with Crippen LogP contribution in [0, 0.1) is 5.82 Å². The van der Waals surface area contributed by atoms with E-state index in [1.807, 2.05) is 6.92 Å². The normalized spacial score (nSPS) is 10.8. The molecule has 0 saturated heterocycles. The molecule has 2 rings (SSSR count). The molecule has 0 aliphatic heterocycles. The standard InChI is InChI=1S/C18H24FN3O3/c1-3-5-6-11-16(23)22-17(14-9-7-8-10-15(14)19)20-18(21-22)25-13-12-24-4-2/h7-10H,3-6,11-13H2,1-2H3. The fourth-order valence-corrected chi connectivity index (χ4v) is 2.31. The van der Waals surface area contributed by atoms with Crippen LogP contribution in [0.15, 0.2) is 24.3 Å². The summed E-state index contributed by atoms with van der Waals surface area (Å²) in [6.07, 6.45) is 3.05. The van der Waals surface area contributed by atoms with Crippen molar-refractivity contribution in [2.45, 2.75) is 39.5 Å². The van der Waals surface area contributed by atoms with E-state index in [0.717, 1.165) is 23.9 Å². The van der Waals surface area contributed by atoms with E-state index < -0.39 is 5.82 Å². The van der Waals surface area contributed by atoms with Crippen molar-refractivity contribution < 1.29 is 18.7 Å². The molecule has 25 heavy (non-hydrogen) atoms. The molecule has 136 valence electrons. The van der Waals surface area contributed by atoms with Crippen LogP contribution in [0.2, 0.25) is 0 Å². The summed E-state index contributed by atoms with van der Waals surface area (Å²) in [7, 11) is 0. The minimum Gasteiger partial charge on any atom is -0.460 e. The highest BCUT2D eigenvalue weighted by atomic mass is 19.1. The van der Waals surface area contributed by atoms with Crippen LogP contribution in [0.25, 0.3) is 11.4 Å². The zero-order valence-electron chi connectivity index (χ0n) is 14.7. The van der Waals surface area contributed by atoms with Crippen LogP contribution in [0.4, 0.5) is 4.39 Å². The maximum atomic E-state index is 14.1. The van der Waals surface area contributed by atoms with Crippen molar-refractivity contribution in [1.82, 2.24) is 14.8 Å². The zero-order valence-corrected chi connectivity index (χ0v) is 14.7. The first-order valence-electron chi connectivity index (χ1n) is 8.63. The van der Waals surface area contributed by atoms with E-state index in [4.69, 9.17) is 9.47 Å². The van der Waals surface area contributed by atoms with E-state index in [2.05, 4.69) is 17.0 Å². The molecule has 1 aromatic carbocycles. The van der Waals surface area contributed by atoms with Gasteiger partial charge in [0.25, 0.3) is 0 Å². The highest BCUT2D eigenvalue weighted by Gasteiger charge is 2.20. The van der Waals surface area contributed by atoms with Gasteiger partial charge in [-0.2, -0.15) is 9.67 Å². The van der Waals surface area contributed by atoms with Crippen LogP contribution in [0.3, 0.4) is 0 Å². The average molecular weight is 349 g/mol. The molecule has 6 nitrogen and oxygen atoms in total. The molecule has 0 unspecified atom stereocenters. The Bertz CT molecular complexity index is 688. The third-order valence-corrected chi connectivity index (χ3v) is 3.60. The summed E-state index contributed by atoms with van der Waals surface area (Å²) in [5, 5.41) is 4.12. The largest absolute Gasteiger partial charge is 0.460 e. The Balaban J connectivity index is 2.23. The third-order valence-electron chi connectivity index (χ3n) is 3.60. The van der Waals surface area contributed by atoms with Gasteiger partial charge < -0.3 is 9.47 Å². The lowest BCUT2D eigenvalue weighted by molar-refractivity contribution is 0.0878. The Labute approximate surface area is 147 Å². The van der Waals surface area contributed by atoms with Crippen molar-refractivity contribution in [3.63, 3.8) is 0 Å². The first kappa shape index (κ1) is 19.1. The molecule has 0 N–H and O–H groups in total. The molecule has 2 aromatic rings. The molecule has 0 saturated carbocycles. The van der Waals surface area contributed by atoms with Crippen LogP contribution in [0.1, 0.15) is 44.3 Å². The molecular weight excluding hydrogens is 325 g/mol. The highest BCUT2D eigenvalue weighted by Crippen LogP contribution is 2.23. The highest BCUT2D eigenvalue weighted by molar-refractivity contribution is 5.82. The Morgan fingerprint density at radius 2 is 2.00 bits per heavy atom. The fourth-order valence-electron chi connectivity index (χ4n) is 2.31. The molecule has 1 heterocycles. The van der Waals surface area contributed by atoms with E-state index in [9.17, 15) is 9.18 Å². The lowest BCUT2D eigenvalue weighted by Crippen LogP contribution is -2.14. The fraction of sp³-hybridized carbons (Fsp3) is 0.500. The molecule has 0 radical (unpaired) electrons. The maximum absolute atomic E-state index is 14.1. The van der Waals surface area contributed by atoms with Gasteiger partial charge in [0, 0.05) is 13.0 Å². The number of nitrogens with zero attached hydrogens (tertiary/aromatic N) is 3. The van der Waals surface area contributed by atoms with Gasteiger partial charge >= 0.3 is 6.01 Å². The van der Waals surface area contributed by atoms with Crippen molar-refractivity contribution in [1.29, 1.82) is 0 Å². The van der Waals surface area contributed by atoms with Gasteiger partial charge in [-0.25, -0.2) is 4.39 Å². The molecule has 1 aromatic heterocycles. The number of benzene rings is 1. The second-order valence-corrected chi connectivity index (χ2v) is 5.51. The van der Waals surface area contributed by atoms with Crippen LogP contribution < -0.4 is 4.74 Å². The summed E-state index contributed by atoms with van der Waals surface area (Å²) >= 11 is 0. The predicted octanol–water partition coefficient (Wildman–Crippen LogP) is 3.72. The Hall–Kier alpha value is -2.28. The van der Waals surface area contributed by atoms with Gasteiger partial charge in [-0.1, -0.05) is 31.9 Å². The van der Waals surface area contributed by atoms with Crippen LogP contribution >= 0.6 is 0 Å². The molecule has 0 fully saturated rings. The molecule has 0 bridgehead atoms. The van der Waals surface area contributed by atoms with E-state index in [1.54, 1.807) is 18.2 Å². The molecule has 7 heteroatoms. The maximum Gasteiger partial charge on any atom is 0.336 e. The van der Waals surface area contributed by atoms with Gasteiger partial charge in [-0.05, 0) is 25.5 Å². The smallest absolute Gasteiger partial charge is 0.336 e. The van der Waals surface area contributed by atoms with Crippen molar-refractivity contribution in [3.8, 4) is 17.4 Å². The zero-order chi connectivity index (χ0) is 18.1. The average Bonchev–Trinajstić information content (AvgIpc) is 3.03. The van der Waals surface area contributed by atoms with E-state index in [1.165, 1.54) is 6.07 Å². The van der Waals surface area contributed by atoms with Crippen LogP contribution in [0.5, 0.6) is 6.01 Å². The Morgan fingerprint density at radius 1 is 1.20 bits per heavy atom. The monoisotopic (exact) mass is 349 g/mol. The first-order valence-corrected chi connectivity index (χ1v) is 8.63. The van der Waals surface area contributed by atoms with Crippen molar-refractivity contribution in [2.24, 2.45) is 0 Å². The summed E-state index contributed by atoms with van der Waals surface area (Å²) in [6, 6.07) is 6.21. The second kappa shape index (κ2) is 9.88. The number of hydrogen-bond acceptors (Lipinski definition) is 5. The number of halogens is 1. The number of unbranched alkanes of at least 4 members (excludes halogenated alkanes) is 2. The Kier molecular flexibility index (Phi) is 7.53. The van der Waals surface area contributed by atoms with Crippen molar-refractivity contribution >= 4 is 5.91 Å². The van der Waals surface area contributed by atoms with Gasteiger partial charge in [0.2, 0.25) is 5.91 Å². The quantitative estimate of drug-likeness (QED) is 0.612. The molecular formula is C18H24FN3O3. The van der Waals surface area contributed by atoms with Gasteiger partial charge in [0.15, 0.2) is 5.82 Å². The van der Waals surface area contributed by atoms with Crippen LogP contribution in [-0.2, 0) is 4.74 Å². The van der Waals surface area contributed by atoms with Gasteiger partial charge in [-0.3, -0.25) is 4.79 Å². The van der Waals surface area contributed by atoms with E-state index in [0.29, 0.717) is 19.6 Å². The van der Waals surface area contributed by atoms with Crippen molar-refractivity contribution in [2.75, 3.05) is 19.8 Å². The van der Waals surface area contributed by atoms with E-state index >= 15 is 0 Å². The number of ether oxygens (including phenoxy) is 2. The summed E-state index contributed by atoms with van der Waals surface area (Å²) in [4.78, 5) is 16.7. The summed E-state index contributed by atoms with van der Waals surface area (Å²) in [5.74, 6) is -0.525. The van der Waals surface area contributed by atoms with E-state index in [-0.39, 0.29) is 29.9 Å².